The van der Waals surface area contributed by atoms with Crippen molar-refractivity contribution in [1.82, 2.24) is 20.2 Å². The summed E-state index contributed by atoms with van der Waals surface area (Å²) in [6, 6.07) is 0.00709. The highest BCUT2D eigenvalue weighted by Crippen LogP contribution is 2.11. The van der Waals surface area contributed by atoms with E-state index in [9.17, 15) is 4.79 Å². The van der Waals surface area contributed by atoms with E-state index in [1.165, 1.54) is 0 Å². The fourth-order valence-corrected chi connectivity index (χ4v) is 2.39. The first kappa shape index (κ1) is 17.5. The number of carbonyl (C=O) groups is 1. The molecule has 0 atom stereocenters. The molecule has 0 aromatic carbocycles. The molecule has 1 fully saturated rings. The fourth-order valence-electron chi connectivity index (χ4n) is 2.39. The minimum atomic E-state index is 0.00709. The van der Waals surface area contributed by atoms with E-state index in [4.69, 9.17) is 4.74 Å². The molecule has 7 heteroatoms. The van der Waals surface area contributed by atoms with Crippen LogP contribution in [-0.4, -0.2) is 66.8 Å². The van der Waals surface area contributed by atoms with Gasteiger partial charge in [-0.2, -0.15) is 0 Å². The topological polar surface area (TPSA) is 70.6 Å². The lowest BCUT2D eigenvalue weighted by molar-refractivity contribution is 0.107. The highest BCUT2D eigenvalue weighted by Gasteiger charge is 2.21. The number of carbonyl (C=O) groups excluding carboxylic acids is 1. The average molecular weight is 321 g/mol. The lowest BCUT2D eigenvalue weighted by atomic mass is 10.2. The SMILES string of the molecule is CC(C)COCCCNC(=O)N1CCN(c2cnccn2)CC1. The first-order valence-electron chi connectivity index (χ1n) is 8.28. The molecule has 1 saturated heterocycles. The van der Waals surface area contributed by atoms with E-state index in [-0.39, 0.29) is 6.03 Å². The summed E-state index contributed by atoms with van der Waals surface area (Å²) in [5.74, 6) is 1.42. The molecule has 1 aliphatic rings. The van der Waals surface area contributed by atoms with Crippen LogP contribution in [0.25, 0.3) is 0 Å². The van der Waals surface area contributed by atoms with E-state index >= 15 is 0 Å². The molecule has 0 saturated carbocycles. The maximum atomic E-state index is 12.1. The van der Waals surface area contributed by atoms with Crippen molar-refractivity contribution in [3.63, 3.8) is 0 Å². The minimum absolute atomic E-state index is 0.00709. The molecule has 128 valence electrons. The van der Waals surface area contributed by atoms with Crippen molar-refractivity contribution in [3.05, 3.63) is 18.6 Å². The molecule has 2 rings (SSSR count). The Labute approximate surface area is 138 Å². The summed E-state index contributed by atoms with van der Waals surface area (Å²) in [7, 11) is 0. The van der Waals surface area contributed by atoms with Gasteiger partial charge in [0.05, 0.1) is 6.20 Å². The first-order valence-corrected chi connectivity index (χ1v) is 8.28. The van der Waals surface area contributed by atoms with Crippen LogP contribution in [-0.2, 0) is 4.74 Å². The Morgan fingerprint density at radius 2 is 2.09 bits per heavy atom. The molecule has 2 amide bonds. The number of urea groups is 1. The molecule has 0 bridgehead atoms. The monoisotopic (exact) mass is 321 g/mol. The second-order valence-corrected chi connectivity index (χ2v) is 6.09. The number of nitrogens with zero attached hydrogens (tertiary/aromatic N) is 4. The number of ether oxygens (including phenoxy) is 1. The van der Waals surface area contributed by atoms with Crippen LogP contribution in [0.3, 0.4) is 0 Å². The second-order valence-electron chi connectivity index (χ2n) is 6.09. The normalized spacial score (nSPS) is 15.1. The van der Waals surface area contributed by atoms with Crippen LogP contribution in [0.1, 0.15) is 20.3 Å². The molecular formula is C16H27N5O2. The highest BCUT2D eigenvalue weighted by atomic mass is 16.5. The van der Waals surface area contributed by atoms with Crippen molar-refractivity contribution in [2.24, 2.45) is 5.92 Å². The summed E-state index contributed by atoms with van der Waals surface area (Å²) in [6.45, 7) is 9.34. The van der Waals surface area contributed by atoms with Crippen LogP contribution in [0.2, 0.25) is 0 Å². The standard InChI is InChI=1S/C16H27N5O2/c1-14(2)13-23-11-3-4-19-16(22)21-9-7-20(8-10-21)15-12-17-5-6-18-15/h5-6,12,14H,3-4,7-11,13H2,1-2H3,(H,19,22). The van der Waals surface area contributed by atoms with Crippen LogP contribution in [0.15, 0.2) is 18.6 Å². The summed E-state index contributed by atoms with van der Waals surface area (Å²) in [5, 5.41) is 2.96. The van der Waals surface area contributed by atoms with E-state index in [2.05, 4.69) is 34.0 Å². The maximum absolute atomic E-state index is 12.1. The zero-order valence-corrected chi connectivity index (χ0v) is 14.1. The number of piperazine rings is 1. The van der Waals surface area contributed by atoms with Crippen LogP contribution >= 0.6 is 0 Å². The van der Waals surface area contributed by atoms with Crippen molar-refractivity contribution < 1.29 is 9.53 Å². The number of anilines is 1. The predicted octanol–water partition coefficient (Wildman–Crippen LogP) is 1.37. The summed E-state index contributed by atoms with van der Waals surface area (Å²) < 4.78 is 5.50. The van der Waals surface area contributed by atoms with Gasteiger partial charge in [0, 0.05) is 58.3 Å². The van der Waals surface area contributed by atoms with Crippen LogP contribution < -0.4 is 10.2 Å². The van der Waals surface area contributed by atoms with Gasteiger partial charge in [0.25, 0.3) is 0 Å². The molecule has 1 aromatic rings. The van der Waals surface area contributed by atoms with Gasteiger partial charge < -0.3 is 19.9 Å². The van der Waals surface area contributed by atoms with Crippen LogP contribution in [0, 0.1) is 5.92 Å². The molecule has 23 heavy (non-hydrogen) atoms. The van der Waals surface area contributed by atoms with Crippen molar-refractivity contribution in [1.29, 1.82) is 0 Å². The van der Waals surface area contributed by atoms with Crippen molar-refractivity contribution in [2.75, 3.05) is 50.8 Å². The zero-order chi connectivity index (χ0) is 16.5. The molecule has 7 nitrogen and oxygen atoms in total. The van der Waals surface area contributed by atoms with E-state index < -0.39 is 0 Å². The van der Waals surface area contributed by atoms with Crippen LogP contribution in [0.5, 0.6) is 0 Å². The molecule has 1 N–H and O–H groups in total. The molecule has 0 unspecified atom stereocenters. The summed E-state index contributed by atoms with van der Waals surface area (Å²) >= 11 is 0. The van der Waals surface area contributed by atoms with Gasteiger partial charge in [0.15, 0.2) is 0 Å². The molecule has 0 radical (unpaired) electrons. The molecular weight excluding hydrogens is 294 g/mol. The maximum Gasteiger partial charge on any atom is 0.317 e. The third-order valence-electron chi connectivity index (χ3n) is 3.63. The number of hydrogen-bond donors (Lipinski definition) is 1. The van der Waals surface area contributed by atoms with E-state index in [1.54, 1.807) is 18.6 Å². The van der Waals surface area contributed by atoms with Gasteiger partial charge in [-0.05, 0) is 12.3 Å². The Morgan fingerprint density at radius 3 is 2.74 bits per heavy atom. The van der Waals surface area contributed by atoms with Gasteiger partial charge in [-0.3, -0.25) is 4.98 Å². The lowest BCUT2D eigenvalue weighted by Gasteiger charge is -2.35. The quantitative estimate of drug-likeness (QED) is 0.768. The number of nitrogens with one attached hydrogen (secondary N) is 1. The Balaban J connectivity index is 1.60. The molecule has 0 spiro atoms. The minimum Gasteiger partial charge on any atom is -0.381 e. The zero-order valence-electron chi connectivity index (χ0n) is 14.1. The van der Waals surface area contributed by atoms with Gasteiger partial charge in [-0.15, -0.1) is 0 Å². The Kier molecular flexibility index (Phi) is 7.06. The fraction of sp³-hybridized carbons (Fsp3) is 0.688. The number of rotatable bonds is 7. The predicted molar refractivity (Wildman–Crippen MR) is 89.5 cm³/mol. The summed E-state index contributed by atoms with van der Waals surface area (Å²) in [6.07, 6.45) is 5.96. The Bertz CT molecular complexity index is 461. The van der Waals surface area contributed by atoms with Gasteiger partial charge in [0.1, 0.15) is 5.82 Å². The summed E-state index contributed by atoms with van der Waals surface area (Å²) in [4.78, 5) is 24.5. The van der Waals surface area contributed by atoms with Gasteiger partial charge in [-0.1, -0.05) is 13.8 Å². The van der Waals surface area contributed by atoms with E-state index in [0.717, 1.165) is 31.9 Å². The smallest absolute Gasteiger partial charge is 0.317 e. The van der Waals surface area contributed by atoms with E-state index in [0.29, 0.717) is 32.2 Å². The van der Waals surface area contributed by atoms with Crippen molar-refractivity contribution >= 4 is 11.8 Å². The number of amides is 2. The molecule has 2 heterocycles. The first-order chi connectivity index (χ1) is 11.2. The molecule has 0 aliphatic carbocycles. The Hall–Kier alpha value is -1.89. The molecule has 1 aromatic heterocycles. The third kappa shape index (κ3) is 6.02. The average Bonchev–Trinajstić information content (AvgIpc) is 2.58. The van der Waals surface area contributed by atoms with E-state index in [1.807, 2.05) is 4.90 Å². The molecule has 1 aliphatic heterocycles. The Morgan fingerprint density at radius 1 is 1.30 bits per heavy atom. The van der Waals surface area contributed by atoms with Gasteiger partial charge in [0.2, 0.25) is 0 Å². The lowest BCUT2D eigenvalue weighted by Crippen LogP contribution is -2.52. The largest absolute Gasteiger partial charge is 0.381 e. The highest BCUT2D eigenvalue weighted by molar-refractivity contribution is 5.74. The van der Waals surface area contributed by atoms with Crippen molar-refractivity contribution in [2.45, 2.75) is 20.3 Å². The van der Waals surface area contributed by atoms with Crippen LogP contribution in [0.4, 0.5) is 10.6 Å². The second kappa shape index (κ2) is 9.29. The van der Waals surface area contributed by atoms with Gasteiger partial charge >= 0.3 is 6.03 Å². The third-order valence-corrected chi connectivity index (χ3v) is 3.63. The number of hydrogen-bond acceptors (Lipinski definition) is 5. The number of aromatic nitrogens is 2. The summed E-state index contributed by atoms with van der Waals surface area (Å²) in [5.41, 5.74) is 0. The van der Waals surface area contributed by atoms with Gasteiger partial charge in [-0.25, -0.2) is 9.78 Å². The van der Waals surface area contributed by atoms with Crippen molar-refractivity contribution in [3.8, 4) is 0 Å².